The van der Waals surface area contributed by atoms with Crippen molar-refractivity contribution in [1.29, 1.82) is 0 Å². The highest BCUT2D eigenvalue weighted by atomic mass is 32.1. The van der Waals surface area contributed by atoms with Gasteiger partial charge in [-0.1, -0.05) is 30.3 Å². The number of hydrogen-bond acceptors (Lipinski definition) is 5. The highest BCUT2D eigenvalue weighted by molar-refractivity contribution is 7.13. The van der Waals surface area contributed by atoms with Gasteiger partial charge in [0, 0.05) is 37.8 Å². The van der Waals surface area contributed by atoms with Crippen LogP contribution in [0.5, 0.6) is 0 Å². The number of carbonyl (C=O) groups excluding carboxylic acids is 1. The maximum Gasteiger partial charge on any atom is 0.234 e. The molecule has 1 saturated heterocycles. The van der Waals surface area contributed by atoms with Gasteiger partial charge in [0.2, 0.25) is 5.91 Å². The predicted molar refractivity (Wildman–Crippen MR) is 93.8 cm³/mol. The van der Waals surface area contributed by atoms with E-state index in [1.807, 2.05) is 48.8 Å². The maximum absolute atomic E-state index is 12.2. The van der Waals surface area contributed by atoms with Crippen molar-refractivity contribution in [2.24, 2.45) is 0 Å². The summed E-state index contributed by atoms with van der Waals surface area (Å²) in [6.45, 7) is 6.13. The standard InChI is InChI=1S/C17H22N4OS/c1-14(15-5-3-2-4-6-15)19-16(22)13-20-8-10-21(11-9-20)17-18-7-12-23-17/h2-7,12,14H,8-11,13H2,1H3,(H,19,22)/t14-/m0/s1. The molecule has 0 spiro atoms. The van der Waals surface area contributed by atoms with E-state index in [0.29, 0.717) is 6.54 Å². The zero-order valence-electron chi connectivity index (χ0n) is 13.3. The molecule has 0 unspecified atom stereocenters. The highest BCUT2D eigenvalue weighted by Gasteiger charge is 2.21. The van der Waals surface area contributed by atoms with Crippen molar-refractivity contribution in [3.05, 3.63) is 47.5 Å². The molecule has 2 aromatic rings. The number of nitrogens with one attached hydrogen (secondary N) is 1. The molecule has 2 heterocycles. The summed E-state index contributed by atoms with van der Waals surface area (Å²) in [6.07, 6.45) is 1.84. The lowest BCUT2D eigenvalue weighted by atomic mass is 10.1. The quantitative estimate of drug-likeness (QED) is 0.912. The normalized spacial score (nSPS) is 17.0. The summed E-state index contributed by atoms with van der Waals surface area (Å²) < 4.78 is 0. The number of piperazine rings is 1. The molecule has 1 fully saturated rings. The molecule has 0 bridgehead atoms. The first-order valence-corrected chi connectivity index (χ1v) is 8.81. The molecule has 0 aliphatic carbocycles. The third-order valence-corrected chi connectivity index (χ3v) is 4.94. The molecular formula is C17H22N4OS. The van der Waals surface area contributed by atoms with Gasteiger partial charge in [0.15, 0.2) is 5.13 Å². The lowest BCUT2D eigenvalue weighted by molar-refractivity contribution is -0.123. The predicted octanol–water partition coefficient (Wildman–Crippen LogP) is 2.14. The van der Waals surface area contributed by atoms with Gasteiger partial charge in [0.25, 0.3) is 0 Å². The fraction of sp³-hybridized carbons (Fsp3) is 0.412. The van der Waals surface area contributed by atoms with E-state index < -0.39 is 0 Å². The lowest BCUT2D eigenvalue weighted by Gasteiger charge is -2.34. The third-order valence-electron chi connectivity index (χ3n) is 4.11. The van der Waals surface area contributed by atoms with Gasteiger partial charge in [-0.15, -0.1) is 11.3 Å². The number of hydrogen-bond donors (Lipinski definition) is 1. The van der Waals surface area contributed by atoms with Crippen LogP contribution in [0.25, 0.3) is 0 Å². The number of thiazole rings is 1. The van der Waals surface area contributed by atoms with Crippen LogP contribution < -0.4 is 10.2 Å². The van der Waals surface area contributed by atoms with E-state index in [1.165, 1.54) is 0 Å². The minimum Gasteiger partial charge on any atom is -0.348 e. The third kappa shape index (κ3) is 4.30. The summed E-state index contributed by atoms with van der Waals surface area (Å²) in [6, 6.07) is 10.1. The Balaban J connectivity index is 1.44. The zero-order chi connectivity index (χ0) is 16.1. The molecule has 1 atom stereocenters. The van der Waals surface area contributed by atoms with Crippen LogP contribution >= 0.6 is 11.3 Å². The Kier molecular flexibility index (Phi) is 5.25. The molecule has 1 aromatic heterocycles. The second kappa shape index (κ2) is 7.57. The highest BCUT2D eigenvalue weighted by Crippen LogP contribution is 2.18. The second-order valence-electron chi connectivity index (χ2n) is 5.78. The van der Waals surface area contributed by atoms with Gasteiger partial charge in [0.05, 0.1) is 12.6 Å². The van der Waals surface area contributed by atoms with E-state index in [9.17, 15) is 4.79 Å². The lowest BCUT2D eigenvalue weighted by Crippen LogP contribution is -2.49. The first-order valence-electron chi connectivity index (χ1n) is 7.93. The van der Waals surface area contributed by atoms with Crippen LogP contribution in [0.1, 0.15) is 18.5 Å². The molecule has 3 rings (SSSR count). The average molecular weight is 330 g/mol. The van der Waals surface area contributed by atoms with E-state index >= 15 is 0 Å². The van der Waals surface area contributed by atoms with E-state index in [-0.39, 0.29) is 11.9 Å². The van der Waals surface area contributed by atoms with Crippen LogP contribution in [0.4, 0.5) is 5.13 Å². The largest absolute Gasteiger partial charge is 0.348 e. The summed E-state index contributed by atoms with van der Waals surface area (Å²) >= 11 is 1.67. The minimum absolute atomic E-state index is 0.0420. The van der Waals surface area contributed by atoms with Gasteiger partial charge in [-0.2, -0.15) is 0 Å². The fourth-order valence-corrected chi connectivity index (χ4v) is 3.48. The van der Waals surface area contributed by atoms with Crippen LogP contribution in [-0.4, -0.2) is 48.5 Å². The van der Waals surface area contributed by atoms with E-state index in [0.717, 1.165) is 36.9 Å². The monoisotopic (exact) mass is 330 g/mol. The van der Waals surface area contributed by atoms with Crippen LogP contribution in [-0.2, 0) is 4.79 Å². The average Bonchev–Trinajstić information content (AvgIpc) is 3.11. The van der Waals surface area contributed by atoms with Gasteiger partial charge in [0.1, 0.15) is 0 Å². The summed E-state index contributed by atoms with van der Waals surface area (Å²) in [5.74, 6) is 0.0871. The molecule has 23 heavy (non-hydrogen) atoms. The Labute approximate surface area is 140 Å². The van der Waals surface area contributed by atoms with Crippen molar-refractivity contribution in [2.75, 3.05) is 37.6 Å². The summed E-state index contributed by atoms with van der Waals surface area (Å²) in [5.41, 5.74) is 1.13. The maximum atomic E-state index is 12.2. The molecule has 5 nitrogen and oxygen atoms in total. The van der Waals surface area contributed by atoms with Crippen molar-refractivity contribution in [2.45, 2.75) is 13.0 Å². The van der Waals surface area contributed by atoms with Gasteiger partial charge in [-0.3, -0.25) is 9.69 Å². The van der Waals surface area contributed by atoms with Crippen LogP contribution in [0, 0.1) is 0 Å². The molecular weight excluding hydrogens is 308 g/mol. The van der Waals surface area contributed by atoms with Crippen LogP contribution in [0.15, 0.2) is 41.9 Å². The minimum atomic E-state index is 0.0420. The van der Waals surface area contributed by atoms with Gasteiger partial charge >= 0.3 is 0 Å². The number of anilines is 1. The van der Waals surface area contributed by atoms with E-state index in [4.69, 9.17) is 0 Å². The van der Waals surface area contributed by atoms with Gasteiger partial charge in [-0.25, -0.2) is 4.98 Å². The SMILES string of the molecule is C[C@H](NC(=O)CN1CCN(c2nccs2)CC1)c1ccccc1. The number of amides is 1. The first-order chi connectivity index (χ1) is 11.2. The van der Waals surface area contributed by atoms with E-state index in [1.54, 1.807) is 11.3 Å². The van der Waals surface area contributed by atoms with Crippen molar-refractivity contribution in [1.82, 2.24) is 15.2 Å². The first kappa shape index (κ1) is 16.0. The molecule has 0 saturated carbocycles. The number of aromatic nitrogens is 1. The Morgan fingerprint density at radius 3 is 2.65 bits per heavy atom. The second-order valence-corrected chi connectivity index (χ2v) is 6.65. The molecule has 1 aliphatic heterocycles. The molecule has 6 heteroatoms. The topological polar surface area (TPSA) is 48.5 Å². The summed E-state index contributed by atoms with van der Waals surface area (Å²) in [4.78, 5) is 21.1. The molecule has 1 amide bonds. The number of rotatable bonds is 5. The number of carbonyl (C=O) groups is 1. The molecule has 1 N–H and O–H groups in total. The summed E-state index contributed by atoms with van der Waals surface area (Å²) in [5, 5.41) is 6.15. The van der Waals surface area contributed by atoms with Crippen molar-refractivity contribution >= 4 is 22.4 Å². The molecule has 0 radical (unpaired) electrons. The Bertz CT molecular complexity index is 609. The zero-order valence-corrected chi connectivity index (χ0v) is 14.1. The smallest absolute Gasteiger partial charge is 0.234 e. The summed E-state index contributed by atoms with van der Waals surface area (Å²) in [7, 11) is 0. The Hall–Kier alpha value is -1.92. The molecule has 1 aliphatic rings. The van der Waals surface area contributed by atoms with Gasteiger partial charge in [-0.05, 0) is 12.5 Å². The Morgan fingerprint density at radius 1 is 1.26 bits per heavy atom. The van der Waals surface area contributed by atoms with Crippen LogP contribution in [0.3, 0.4) is 0 Å². The molecule has 1 aromatic carbocycles. The Morgan fingerprint density at radius 2 is 2.00 bits per heavy atom. The molecule has 122 valence electrons. The van der Waals surface area contributed by atoms with Gasteiger partial charge < -0.3 is 10.2 Å². The number of nitrogens with zero attached hydrogens (tertiary/aromatic N) is 3. The van der Waals surface area contributed by atoms with Crippen LogP contribution in [0.2, 0.25) is 0 Å². The fourth-order valence-electron chi connectivity index (χ4n) is 2.78. The van der Waals surface area contributed by atoms with Crippen molar-refractivity contribution < 1.29 is 4.79 Å². The van der Waals surface area contributed by atoms with E-state index in [2.05, 4.69) is 20.1 Å². The van der Waals surface area contributed by atoms with Crippen molar-refractivity contribution in [3.63, 3.8) is 0 Å². The number of benzene rings is 1. The van der Waals surface area contributed by atoms with Crippen molar-refractivity contribution in [3.8, 4) is 0 Å².